The maximum atomic E-state index is 13.3. The Morgan fingerprint density at radius 3 is 2.69 bits per heavy atom. The van der Waals surface area contributed by atoms with Crippen LogP contribution in [0.5, 0.6) is 11.5 Å². The first kappa shape index (κ1) is 26.2. The zero-order valence-corrected chi connectivity index (χ0v) is 21.9. The number of carbonyl (C=O) groups is 1. The number of phenolic OH excluding ortho intramolecular Hbond substituents is 1. The number of hydrogen-bond donors (Lipinski definition) is 2. The highest BCUT2D eigenvalue weighted by molar-refractivity contribution is 5.76. The Balaban J connectivity index is 1.25. The number of rotatable bonds is 6. The standard InChI is InChI=1S/C30H33F3N2O4/c1-3-13-35-14-12-28-24-16-21(34(2)25(37)11-6-18-4-8-20(9-5-18)30(31,32)33)17-29(28,38)23(35)15-19-7-10-22(36)27(39-24)26(19)28/h3-5,7-10,21,23-24,36,38H,1,6,11-17H2,2H3/t21?,23-,24?,28-,29-/m1/s1. The molecule has 2 aliphatic heterocycles. The van der Waals surface area contributed by atoms with Crippen molar-refractivity contribution in [2.45, 2.75) is 73.9 Å². The molecule has 9 heteroatoms. The van der Waals surface area contributed by atoms with E-state index >= 15 is 0 Å². The van der Waals surface area contributed by atoms with Crippen LogP contribution in [0.3, 0.4) is 0 Å². The van der Waals surface area contributed by atoms with Crippen LogP contribution in [0, 0.1) is 0 Å². The number of carbonyl (C=O) groups excluding carboxylic acids is 1. The Morgan fingerprint density at radius 1 is 1.26 bits per heavy atom. The lowest BCUT2D eigenvalue weighted by Gasteiger charge is -2.64. The van der Waals surface area contributed by atoms with Gasteiger partial charge in [-0.3, -0.25) is 9.69 Å². The highest BCUT2D eigenvalue weighted by atomic mass is 19.4. The van der Waals surface area contributed by atoms with Crippen molar-refractivity contribution in [3.63, 3.8) is 0 Å². The molecule has 1 saturated carbocycles. The summed E-state index contributed by atoms with van der Waals surface area (Å²) in [5, 5.41) is 23.3. The van der Waals surface area contributed by atoms with Crippen LogP contribution in [0.4, 0.5) is 13.2 Å². The average Bonchev–Trinajstić information content (AvgIpc) is 3.23. The number of aryl methyl sites for hydroxylation is 1. The van der Waals surface area contributed by atoms with Gasteiger partial charge >= 0.3 is 6.18 Å². The Bertz CT molecular complexity index is 1310. The van der Waals surface area contributed by atoms with Gasteiger partial charge in [-0.25, -0.2) is 0 Å². The van der Waals surface area contributed by atoms with E-state index in [1.165, 1.54) is 12.1 Å². The Morgan fingerprint density at radius 2 is 2.00 bits per heavy atom. The smallest absolute Gasteiger partial charge is 0.416 e. The normalized spacial score (nSPS) is 30.8. The summed E-state index contributed by atoms with van der Waals surface area (Å²) < 4.78 is 45.1. The van der Waals surface area contributed by atoms with Crippen LogP contribution < -0.4 is 4.74 Å². The molecule has 39 heavy (non-hydrogen) atoms. The predicted octanol–water partition coefficient (Wildman–Crippen LogP) is 4.21. The molecule has 2 fully saturated rings. The minimum atomic E-state index is -4.40. The molecule has 0 radical (unpaired) electrons. The molecule has 1 saturated heterocycles. The maximum absolute atomic E-state index is 13.3. The number of aliphatic hydroxyl groups is 1. The highest BCUT2D eigenvalue weighted by Crippen LogP contribution is 2.65. The molecule has 0 aromatic heterocycles. The number of likely N-dealkylation sites (tertiary alicyclic amines) is 1. The lowest BCUT2D eigenvalue weighted by atomic mass is 9.48. The fraction of sp³-hybridized carbons (Fsp3) is 0.500. The van der Waals surface area contributed by atoms with Crippen molar-refractivity contribution in [1.82, 2.24) is 9.80 Å². The number of hydrogen-bond acceptors (Lipinski definition) is 5. The third-order valence-corrected chi connectivity index (χ3v) is 9.70. The molecule has 2 aliphatic carbocycles. The van der Waals surface area contributed by atoms with Crippen molar-refractivity contribution in [1.29, 1.82) is 0 Å². The molecule has 2 unspecified atom stereocenters. The molecule has 1 spiro atoms. The number of phenols is 1. The number of halogens is 3. The van der Waals surface area contributed by atoms with Crippen molar-refractivity contribution < 1.29 is 32.9 Å². The lowest BCUT2D eigenvalue weighted by Crippen LogP contribution is -2.77. The van der Waals surface area contributed by atoms with Crippen LogP contribution in [-0.2, 0) is 29.2 Å². The highest BCUT2D eigenvalue weighted by Gasteiger charge is 2.72. The van der Waals surface area contributed by atoms with Gasteiger partial charge in [0, 0.05) is 44.1 Å². The Hall–Kier alpha value is -3.04. The summed E-state index contributed by atoms with van der Waals surface area (Å²) >= 11 is 0. The number of piperidine rings is 1. The molecule has 208 valence electrons. The van der Waals surface area contributed by atoms with Crippen LogP contribution in [0.2, 0.25) is 0 Å². The van der Waals surface area contributed by atoms with Gasteiger partial charge in [0.15, 0.2) is 11.5 Å². The molecule has 5 atom stereocenters. The monoisotopic (exact) mass is 542 g/mol. The Labute approximate surface area is 225 Å². The molecule has 4 aliphatic rings. The number of benzene rings is 2. The molecule has 2 bridgehead atoms. The predicted molar refractivity (Wildman–Crippen MR) is 139 cm³/mol. The van der Waals surface area contributed by atoms with E-state index in [0.717, 1.165) is 29.8 Å². The largest absolute Gasteiger partial charge is 0.504 e. The van der Waals surface area contributed by atoms with Gasteiger partial charge in [0.2, 0.25) is 5.91 Å². The van der Waals surface area contributed by atoms with Gasteiger partial charge in [-0.05, 0) is 61.6 Å². The SMILES string of the molecule is C=CCN1CC[C@]23c4c5ccc(O)c4OC2CC(N(C)C(=O)CCc2ccc(C(F)(F)F)cc2)C[C@@]3(O)[C@H]1C5. The quantitative estimate of drug-likeness (QED) is 0.536. The summed E-state index contributed by atoms with van der Waals surface area (Å²) in [4.78, 5) is 17.2. The summed E-state index contributed by atoms with van der Waals surface area (Å²) in [6.45, 7) is 5.32. The van der Waals surface area contributed by atoms with Gasteiger partial charge in [-0.2, -0.15) is 13.2 Å². The van der Waals surface area contributed by atoms with E-state index in [2.05, 4.69) is 11.5 Å². The number of aromatic hydroxyl groups is 1. The minimum Gasteiger partial charge on any atom is -0.504 e. The Kier molecular flexibility index (Phi) is 6.04. The summed E-state index contributed by atoms with van der Waals surface area (Å²) in [6, 6.07) is 8.02. The molecule has 2 N–H and O–H groups in total. The van der Waals surface area contributed by atoms with Gasteiger partial charge in [-0.1, -0.05) is 24.3 Å². The first-order valence-electron chi connectivity index (χ1n) is 13.5. The molecule has 2 aromatic rings. The van der Waals surface area contributed by atoms with Gasteiger partial charge in [0.25, 0.3) is 0 Å². The second-order valence-electron chi connectivity index (χ2n) is 11.5. The zero-order valence-electron chi connectivity index (χ0n) is 21.9. The number of alkyl halides is 3. The van der Waals surface area contributed by atoms with Crippen LogP contribution in [-0.4, -0.2) is 69.8 Å². The number of amides is 1. The van der Waals surface area contributed by atoms with Crippen molar-refractivity contribution in [2.24, 2.45) is 0 Å². The van der Waals surface area contributed by atoms with Crippen LogP contribution in [0.15, 0.2) is 49.1 Å². The maximum Gasteiger partial charge on any atom is 0.416 e. The van der Waals surface area contributed by atoms with Crippen LogP contribution in [0.25, 0.3) is 0 Å². The van der Waals surface area contributed by atoms with E-state index in [-0.39, 0.29) is 36.3 Å². The average molecular weight is 543 g/mol. The van der Waals surface area contributed by atoms with E-state index in [1.807, 2.05) is 12.1 Å². The van der Waals surface area contributed by atoms with E-state index < -0.39 is 22.8 Å². The summed E-state index contributed by atoms with van der Waals surface area (Å²) in [5.74, 6) is 0.398. The van der Waals surface area contributed by atoms with Gasteiger partial charge in [-0.15, -0.1) is 6.58 Å². The van der Waals surface area contributed by atoms with Crippen LogP contribution >= 0.6 is 0 Å². The second kappa shape index (κ2) is 8.99. The van der Waals surface area contributed by atoms with E-state index in [0.29, 0.717) is 50.0 Å². The van der Waals surface area contributed by atoms with Crippen molar-refractivity contribution >= 4 is 5.91 Å². The fourth-order valence-electron chi connectivity index (χ4n) is 7.80. The third-order valence-electron chi connectivity index (χ3n) is 9.70. The topological polar surface area (TPSA) is 73.2 Å². The van der Waals surface area contributed by atoms with Gasteiger partial charge in [0.05, 0.1) is 16.6 Å². The molecular formula is C30H33F3N2O4. The minimum absolute atomic E-state index is 0.0735. The molecular weight excluding hydrogens is 509 g/mol. The van der Waals surface area contributed by atoms with Crippen molar-refractivity contribution in [3.8, 4) is 11.5 Å². The summed E-state index contributed by atoms with van der Waals surface area (Å²) in [7, 11) is 1.73. The first-order valence-corrected chi connectivity index (χ1v) is 13.5. The number of ether oxygens (including phenoxy) is 1. The van der Waals surface area contributed by atoms with Crippen molar-refractivity contribution in [3.05, 3.63) is 71.3 Å². The first-order chi connectivity index (χ1) is 18.5. The van der Waals surface area contributed by atoms with Gasteiger partial charge < -0.3 is 19.8 Å². The van der Waals surface area contributed by atoms with Crippen molar-refractivity contribution in [2.75, 3.05) is 20.1 Å². The second-order valence-corrected chi connectivity index (χ2v) is 11.5. The number of nitrogens with zero attached hydrogens (tertiary/aromatic N) is 2. The molecule has 6 nitrogen and oxygen atoms in total. The molecule has 1 amide bonds. The van der Waals surface area contributed by atoms with E-state index in [9.17, 15) is 28.2 Å². The van der Waals surface area contributed by atoms with E-state index in [4.69, 9.17) is 4.74 Å². The lowest BCUT2D eigenvalue weighted by molar-refractivity contribution is -0.197. The molecule has 2 heterocycles. The van der Waals surface area contributed by atoms with Crippen LogP contribution in [0.1, 0.15) is 47.9 Å². The third kappa shape index (κ3) is 3.80. The fourth-order valence-corrected chi connectivity index (χ4v) is 7.80. The molecule has 2 aromatic carbocycles. The van der Waals surface area contributed by atoms with E-state index in [1.54, 1.807) is 18.0 Å². The zero-order chi connectivity index (χ0) is 27.7. The summed E-state index contributed by atoms with van der Waals surface area (Å²) in [6.07, 6.45) is -0.282. The summed E-state index contributed by atoms with van der Waals surface area (Å²) in [5.41, 5.74) is 0.139. The van der Waals surface area contributed by atoms with Gasteiger partial charge in [0.1, 0.15) is 6.10 Å². The molecule has 6 rings (SSSR count).